The van der Waals surface area contributed by atoms with Crippen molar-refractivity contribution < 1.29 is 28.9 Å². The standard InChI is InChI=1S/C15H23N3O2.C11H10O4/c1-20-14-6-4-13(5-7-14)18-11-9-17(10-12-18)8-2-3-15(16)19;1-14-9-2-3-10-7(5-9)4-8(6-15-10)11(12)13/h4-7H,2-3,8-12H2,1H3,(H2,16,19);2-5H,6H2,1H3,(H,12,13). The van der Waals surface area contributed by atoms with Crippen LogP contribution >= 0.6 is 0 Å². The van der Waals surface area contributed by atoms with E-state index in [9.17, 15) is 9.59 Å². The number of primary amides is 1. The molecule has 2 aromatic rings. The molecule has 0 saturated carbocycles. The zero-order valence-electron chi connectivity index (χ0n) is 20.2. The number of amides is 1. The molecule has 3 N–H and O–H groups in total. The second-order valence-electron chi connectivity index (χ2n) is 8.26. The predicted molar refractivity (Wildman–Crippen MR) is 134 cm³/mol. The molecule has 0 radical (unpaired) electrons. The molecule has 1 amide bonds. The van der Waals surface area contributed by atoms with Crippen molar-refractivity contribution in [2.24, 2.45) is 5.73 Å². The van der Waals surface area contributed by atoms with Crippen molar-refractivity contribution in [3.63, 3.8) is 0 Å². The number of nitrogens with zero attached hydrogens (tertiary/aromatic N) is 2. The van der Waals surface area contributed by atoms with Gasteiger partial charge < -0.3 is 30.0 Å². The van der Waals surface area contributed by atoms with Gasteiger partial charge in [0.1, 0.15) is 23.9 Å². The number of methoxy groups -OCH3 is 2. The monoisotopic (exact) mass is 483 g/mol. The van der Waals surface area contributed by atoms with Gasteiger partial charge in [-0.2, -0.15) is 0 Å². The van der Waals surface area contributed by atoms with E-state index in [4.69, 9.17) is 25.1 Å². The number of nitrogens with two attached hydrogens (primary N) is 1. The number of anilines is 1. The number of hydrogen-bond donors (Lipinski definition) is 2. The maximum atomic E-state index is 10.7. The highest BCUT2D eigenvalue weighted by atomic mass is 16.5. The van der Waals surface area contributed by atoms with Gasteiger partial charge in [-0.3, -0.25) is 9.69 Å². The van der Waals surface area contributed by atoms with Crippen molar-refractivity contribution in [2.45, 2.75) is 12.8 Å². The Bertz CT molecular complexity index is 1030. The molecule has 2 heterocycles. The lowest BCUT2D eigenvalue weighted by Crippen LogP contribution is -2.46. The van der Waals surface area contributed by atoms with Crippen LogP contribution in [0.25, 0.3) is 6.08 Å². The molecule has 2 aliphatic rings. The highest BCUT2D eigenvalue weighted by Crippen LogP contribution is 2.29. The van der Waals surface area contributed by atoms with Gasteiger partial charge >= 0.3 is 5.97 Å². The molecule has 0 aromatic heterocycles. The first-order chi connectivity index (χ1) is 16.9. The minimum Gasteiger partial charge on any atom is -0.497 e. The Morgan fingerprint density at radius 1 is 1.00 bits per heavy atom. The molecule has 0 bridgehead atoms. The Hall–Kier alpha value is -3.72. The summed E-state index contributed by atoms with van der Waals surface area (Å²) in [4.78, 5) is 26.2. The van der Waals surface area contributed by atoms with Crippen LogP contribution in [0.1, 0.15) is 18.4 Å². The van der Waals surface area contributed by atoms with Gasteiger partial charge in [0.2, 0.25) is 5.91 Å². The van der Waals surface area contributed by atoms with E-state index in [0.29, 0.717) is 17.9 Å². The lowest BCUT2D eigenvalue weighted by atomic mass is 10.1. The molecule has 35 heavy (non-hydrogen) atoms. The second kappa shape index (κ2) is 12.7. The summed E-state index contributed by atoms with van der Waals surface area (Å²) in [5.41, 5.74) is 7.37. The summed E-state index contributed by atoms with van der Waals surface area (Å²) in [6.45, 7) is 5.16. The first-order valence-corrected chi connectivity index (χ1v) is 11.5. The van der Waals surface area contributed by atoms with Gasteiger partial charge in [0.25, 0.3) is 0 Å². The number of benzene rings is 2. The molecule has 188 valence electrons. The van der Waals surface area contributed by atoms with Gasteiger partial charge in [0.05, 0.1) is 19.8 Å². The molecule has 0 aliphatic carbocycles. The Morgan fingerprint density at radius 3 is 2.26 bits per heavy atom. The van der Waals surface area contributed by atoms with Crippen LogP contribution in [0.15, 0.2) is 48.0 Å². The molecule has 2 aliphatic heterocycles. The summed E-state index contributed by atoms with van der Waals surface area (Å²) >= 11 is 0. The van der Waals surface area contributed by atoms with Crippen LogP contribution in [0.2, 0.25) is 0 Å². The summed E-state index contributed by atoms with van der Waals surface area (Å²) in [5.74, 6) is 1.09. The molecule has 1 saturated heterocycles. The van der Waals surface area contributed by atoms with E-state index in [1.807, 2.05) is 12.1 Å². The summed E-state index contributed by atoms with van der Waals surface area (Å²) in [6, 6.07) is 13.5. The van der Waals surface area contributed by atoms with Crippen LogP contribution < -0.4 is 24.8 Å². The second-order valence-corrected chi connectivity index (χ2v) is 8.26. The van der Waals surface area contributed by atoms with E-state index < -0.39 is 5.97 Å². The van der Waals surface area contributed by atoms with E-state index in [1.165, 1.54) is 5.69 Å². The summed E-state index contributed by atoms with van der Waals surface area (Å²) < 4.78 is 15.5. The minimum atomic E-state index is -0.955. The minimum absolute atomic E-state index is 0.106. The number of carboxylic acid groups (broad SMARTS) is 1. The van der Waals surface area contributed by atoms with Crippen LogP contribution in [-0.2, 0) is 9.59 Å². The van der Waals surface area contributed by atoms with Crippen molar-refractivity contribution in [1.82, 2.24) is 4.90 Å². The van der Waals surface area contributed by atoms with Gasteiger partial charge in [-0.1, -0.05) is 0 Å². The summed E-state index contributed by atoms with van der Waals surface area (Å²) in [5, 5.41) is 8.81. The predicted octanol–water partition coefficient (Wildman–Crippen LogP) is 2.64. The number of carbonyl (C=O) groups is 2. The quantitative estimate of drug-likeness (QED) is 0.589. The fourth-order valence-corrected chi connectivity index (χ4v) is 3.91. The first-order valence-electron chi connectivity index (χ1n) is 11.5. The van der Waals surface area contributed by atoms with Crippen molar-refractivity contribution in [2.75, 3.05) is 58.5 Å². The molecule has 4 rings (SSSR count). The number of fused-ring (bicyclic) bond motifs is 1. The summed E-state index contributed by atoms with van der Waals surface area (Å²) in [7, 11) is 3.24. The average Bonchev–Trinajstić information content (AvgIpc) is 2.88. The normalized spacial score (nSPS) is 15.0. The number of rotatable bonds is 8. The third kappa shape index (κ3) is 7.65. The van der Waals surface area contributed by atoms with Gasteiger partial charge in [0, 0.05) is 43.9 Å². The molecule has 9 nitrogen and oxygen atoms in total. The van der Waals surface area contributed by atoms with Crippen molar-refractivity contribution in [3.8, 4) is 17.2 Å². The van der Waals surface area contributed by atoms with Crippen LogP contribution in [0.4, 0.5) is 5.69 Å². The zero-order chi connectivity index (χ0) is 25.2. The Balaban J connectivity index is 0.000000203. The van der Waals surface area contributed by atoms with Gasteiger partial charge in [-0.25, -0.2) is 4.79 Å². The Labute approximate surface area is 205 Å². The number of ether oxygens (including phenoxy) is 3. The molecular formula is C26H33N3O6. The summed E-state index contributed by atoms with van der Waals surface area (Å²) in [6.07, 6.45) is 2.94. The number of aliphatic carboxylic acids is 1. The fraction of sp³-hybridized carbons (Fsp3) is 0.385. The number of carboxylic acids is 1. The number of hydrogen-bond acceptors (Lipinski definition) is 7. The molecule has 0 atom stereocenters. The van der Waals surface area contributed by atoms with Crippen LogP contribution in [0.3, 0.4) is 0 Å². The van der Waals surface area contributed by atoms with Gasteiger partial charge in [0.15, 0.2) is 0 Å². The molecule has 0 spiro atoms. The first kappa shape index (κ1) is 25.9. The highest BCUT2D eigenvalue weighted by Gasteiger charge is 2.17. The Morgan fingerprint density at radius 2 is 1.66 bits per heavy atom. The van der Waals surface area contributed by atoms with E-state index in [-0.39, 0.29) is 18.1 Å². The van der Waals surface area contributed by atoms with E-state index >= 15 is 0 Å². The molecular weight excluding hydrogens is 450 g/mol. The number of piperazine rings is 1. The van der Waals surface area contributed by atoms with Gasteiger partial charge in [-0.15, -0.1) is 0 Å². The van der Waals surface area contributed by atoms with Crippen molar-refractivity contribution in [3.05, 3.63) is 53.6 Å². The van der Waals surface area contributed by atoms with Crippen molar-refractivity contribution >= 4 is 23.6 Å². The Kier molecular flexibility index (Phi) is 9.37. The largest absolute Gasteiger partial charge is 0.497 e. The van der Waals surface area contributed by atoms with E-state index in [2.05, 4.69) is 21.9 Å². The lowest BCUT2D eigenvalue weighted by Gasteiger charge is -2.36. The van der Waals surface area contributed by atoms with Crippen molar-refractivity contribution in [1.29, 1.82) is 0 Å². The van der Waals surface area contributed by atoms with E-state index in [0.717, 1.165) is 50.5 Å². The van der Waals surface area contributed by atoms with Crippen LogP contribution in [0.5, 0.6) is 17.2 Å². The topological polar surface area (TPSA) is 115 Å². The zero-order valence-corrected chi connectivity index (χ0v) is 20.2. The number of carbonyl (C=O) groups excluding carboxylic acids is 1. The fourth-order valence-electron chi connectivity index (χ4n) is 3.91. The highest BCUT2D eigenvalue weighted by molar-refractivity contribution is 5.93. The smallest absolute Gasteiger partial charge is 0.335 e. The maximum Gasteiger partial charge on any atom is 0.335 e. The lowest BCUT2D eigenvalue weighted by molar-refractivity contribution is -0.133. The van der Waals surface area contributed by atoms with E-state index in [1.54, 1.807) is 38.5 Å². The molecule has 1 fully saturated rings. The van der Waals surface area contributed by atoms with Crippen LogP contribution in [-0.4, -0.2) is 75.4 Å². The molecule has 0 unspecified atom stereocenters. The molecule has 9 heteroatoms. The van der Waals surface area contributed by atoms with Crippen LogP contribution in [0, 0.1) is 0 Å². The average molecular weight is 484 g/mol. The third-order valence-electron chi connectivity index (χ3n) is 5.91. The SMILES string of the molecule is COc1ccc(N2CCN(CCCC(N)=O)CC2)cc1.COc1ccc2c(c1)C=C(C(=O)O)CO2. The third-order valence-corrected chi connectivity index (χ3v) is 5.91. The molecule has 2 aromatic carbocycles. The maximum absolute atomic E-state index is 10.7. The van der Waals surface area contributed by atoms with Gasteiger partial charge in [-0.05, 0) is 61.5 Å².